The molecule has 166 valence electrons. The molecule has 2 aromatic carbocycles. The van der Waals surface area contributed by atoms with Gasteiger partial charge >= 0.3 is 0 Å². The lowest BCUT2D eigenvalue weighted by molar-refractivity contribution is 0.0665. The number of rotatable bonds is 4. The van der Waals surface area contributed by atoms with Crippen LogP contribution in [0.25, 0.3) is 0 Å². The van der Waals surface area contributed by atoms with Crippen LogP contribution < -0.4 is 5.32 Å². The Balaban J connectivity index is 1.58. The average molecular weight is 451 g/mol. The van der Waals surface area contributed by atoms with Gasteiger partial charge in [-0.15, -0.1) is 0 Å². The van der Waals surface area contributed by atoms with Crippen molar-refractivity contribution in [2.75, 3.05) is 16.8 Å². The van der Waals surface area contributed by atoms with Gasteiger partial charge in [0.25, 0.3) is 5.91 Å². The van der Waals surface area contributed by atoms with E-state index in [1.807, 2.05) is 78.0 Å². The summed E-state index contributed by atoms with van der Waals surface area (Å²) < 4.78 is 25.9. The van der Waals surface area contributed by atoms with Crippen LogP contribution in [0.15, 0.2) is 54.6 Å². The molecule has 2 atom stereocenters. The third-order valence-electron chi connectivity index (χ3n) is 6.43. The number of sulfone groups is 1. The van der Waals surface area contributed by atoms with E-state index < -0.39 is 16.0 Å². The molecular formula is C24H26N4O3S. The Morgan fingerprint density at radius 2 is 1.78 bits per heavy atom. The number of benzene rings is 2. The van der Waals surface area contributed by atoms with Gasteiger partial charge in [0.15, 0.2) is 9.84 Å². The molecule has 0 aliphatic carbocycles. The summed E-state index contributed by atoms with van der Waals surface area (Å²) >= 11 is 0. The van der Waals surface area contributed by atoms with Crippen LogP contribution in [0.4, 0.5) is 5.69 Å². The van der Waals surface area contributed by atoms with Gasteiger partial charge in [-0.05, 0) is 38.0 Å². The summed E-state index contributed by atoms with van der Waals surface area (Å²) in [6.07, 6.45) is 0.168. The smallest absolute Gasteiger partial charge is 0.258 e. The van der Waals surface area contributed by atoms with Gasteiger partial charge in [-0.1, -0.05) is 42.5 Å². The second-order valence-corrected chi connectivity index (χ2v) is 10.8. The number of nitrogens with zero attached hydrogens (tertiary/aromatic N) is 3. The van der Waals surface area contributed by atoms with Gasteiger partial charge in [0, 0.05) is 23.5 Å². The second-order valence-electron chi connectivity index (χ2n) is 8.60. The minimum Gasteiger partial charge on any atom is -0.361 e. The van der Waals surface area contributed by atoms with Crippen molar-refractivity contribution < 1.29 is 13.2 Å². The first-order valence-corrected chi connectivity index (χ1v) is 12.6. The highest BCUT2D eigenvalue weighted by atomic mass is 32.2. The molecule has 1 fully saturated rings. The molecule has 0 bridgehead atoms. The predicted molar refractivity (Wildman–Crippen MR) is 123 cm³/mol. The zero-order valence-electron chi connectivity index (χ0n) is 18.2. The average Bonchev–Trinajstić information content (AvgIpc) is 3.28. The van der Waals surface area contributed by atoms with Crippen molar-refractivity contribution in [3.05, 3.63) is 82.7 Å². The molecule has 0 saturated carbocycles. The third kappa shape index (κ3) is 3.58. The Bertz CT molecular complexity index is 1280. The topological polar surface area (TPSA) is 84.3 Å². The van der Waals surface area contributed by atoms with Gasteiger partial charge in [-0.2, -0.15) is 5.10 Å². The molecule has 5 rings (SSSR count). The number of aromatic nitrogens is 2. The highest BCUT2D eigenvalue weighted by Crippen LogP contribution is 2.38. The van der Waals surface area contributed by atoms with Crippen LogP contribution in [0.5, 0.6) is 0 Å². The highest BCUT2D eigenvalue weighted by Gasteiger charge is 2.38. The Kier molecular flexibility index (Phi) is 5.04. The summed E-state index contributed by atoms with van der Waals surface area (Å²) in [5.74, 6) is 0.268. The molecular weight excluding hydrogens is 424 g/mol. The lowest BCUT2D eigenvalue weighted by atomic mass is 10.0. The lowest BCUT2D eigenvalue weighted by Gasteiger charge is -2.38. The van der Waals surface area contributed by atoms with E-state index in [9.17, 15) is 13.2 Å². The summed E-state index contributed by atoms with van der Waals surface area (Å²) in [6, 6.07) is 17.3. The molecule has 0 unspecified atom stereocenters. The zero-order chi connectivity index (χ0) is 22.5. The lowest BCUT2D eigenvalue weighted by Crippen LogP contribution is -2.42. The largest absolute Gasteiger partial charge is 0.361 e. The number of para-hydroxylation sites is 1. The van der Waals surface area contributed by atoms with Crippen LogP contribution in [0, 0.1) is 13.8 Å². The minimum absolute atomic E-state index is 0.0387. The second kappa shape index (κ2) is 7.78. The number of hydrogen-bond acceptors (Lipinski definition) is 5. The molecule has 1 N–H and O–H groups in total. The summed E-state index contributed by atoms with van der Waals surface area (Å²) in [7, 11) is -3.03. The van der Waals surface area contributed by atoms with Gasteiger partial charge in [-0.25, -0.2) is 8.42 Å². The highest BCUT2D eigenvalue weighted by molar-refractivity contribution is 7.91. The zero-order valence-corrected chi connectivity index (χ0v) is 19.0. The number of carbonyl (C=O) groups excluding carboxylic acids is 1. The van der Waals surface area contributed by atoms with Gasteiger partial charge in [0.2, 0.25) is 0 Å². The molecule has 2 aliphatic rings. The maximum atomic E-state index is 13.6. The molecule has 3 heterocycles. The molecule has 0 radical (unpaired) electrons. The van der Waals surface area contributed by atoms with E-state index in [0.717, 1.165) is 28.2 Å². The van der Waals surface area contributed by atoms with Gasteiger partial charge in [-0.3, -0.25) is 9.48 Å². The summed E-state index contributed by atoms with van der Waals surface area (Å²) in [4.78, 5) is 15.4. The number of aryl methyl sites for hydroxylation is 1. The van der Waals surface area contributed by atoms with Crippen LogP contribution >= 0.6 is 0 Å². The Labute approximate surface area is 188 Å². The Morgan fingerprint density at radius 3 is 2.50 bits per heavy atom. The SMILES string of the molecule is Cc1nn([C@H]2CCS(=O)(=O)C2)c(C)c1[C@H]1Nc2ccccc2C(=O)N1Cc1ccccc1. The summed E-state index contributed by atoms with van der Waals surface area (Å²) in [6.45, 7) is 4.34. The van der Waals surface area contributed by atoms with Crippen molar-refractivity contribution >= 4 is 21.4 Å². The van der Waals surface area contributed by atoms with Crippen LogP contribution in [-0.2, 0) is 16.4 Å². The minimum atomic E-state index is -3.03. The van der Waals surface area contributed by atoms with Gasteiger partial charge < -0.3 is 10.2 Å². The Morgan fingerprint density at radius 1 is 1.06 bits per heavy atom. The van der Waals surface area contributed by atoms with Gasteiger partial charge in [0.05, 0.1) is 28.8 Å². The van der Waals surface area contributed by atoms with Crippen molar-refractivity contribution in [1.82, 2.24) is 14.7 Å². The first kappa shape index (κ1) is 20.8. The first-order valence-electron chi connectivity index (χ1n) is 10.8. The molecule has 32 heavy (non-hydrogen) atoms. The number of carbonyl (C=O) groups is 1. The van der Waals surface area contributed by atoms with E-state index in [2.05, 4.69) is 5.32 Å². The molecule has 1 saturated heterocycles. The van der Waals surface area contributed by atoms with Gasteiger partial charge in [0.1, 0.15) is 6.17 Å². The Hall–Kier alpha value is -3.13. The van der Waals surface area contributed by atoms with Crippen molar-refractivity contribution in [3.8, 4) is 0 Å². The fraction of sp³-hybridized carbons (Fsp3) is 0.333. The number of hydrogen-bond donors (Lipinski definition) is 1. The van der Waals surface area contributed by atoms with E-state index in [1.165, 1.54) is 0 Å². The van der Waals surface area contributed by atoms with E-state index in [4.69, 9.17) is 5.10 Å². The predicted octanol–water partition coefficient (Wildman–Crippen LogP) is 3.63. The normalized spacial score (nSPS) is 21.9. The van der Waals surface area contributed by atoms with Crippen LogP contribution in [0.3, 0.4) is 0 Å². The molecule has 1 aromatic heterocycles. The third-order valence-corrected chi connectivity index (χ3v) is 8.18. The van der Waals surface area contributed by atoms with Crippen LogP contribution in [0.1, 0.15) is 51.5 Å². The number of anilines is 1. The monoisotopic (exact) mass is 450 g/mol. The van der Waals surface area contributed by atoms with E-state index >= 15 is 0 Å². The van der Waals surface area contributed by atoms with Crippen molar-refractivity contribution in [3.63, 3.8) is 0 Å². The van der Waals surface area contributed by atoms with Crippen LogP contribution in [0.2, 0.25) is 0 Å². The standard InChI is InChI=1S/C24H26N4O3S/c1-16-22(17(2)28(26-16)19-12-13-32(30,31)15-19)23-25-21-11-7-6-10-20(21)24(29)27(23)14-18-8-4-3-5-9-18/h3-11,19,23,25H,12-15H2,1-2H3/t19-,23-/m0/s1. The fourth-order valence-corrected chi connectivity index (χ4v) is 6.55. The molecule has 3 aromatic rings. The van der Waals surface area contributed by atoms with E-state index in [1.54, 1.807) is 0 Å². The summed E-state index contributed by atoms with van der Waals surface area (Å²) in [5.41, 5.74) is 5.10. The molecule has 1 amide bonds. The fourth-order valence-electron chi connectivity index (χ4n) is 4.86. The van der Waals surface area contributed by atoms with Crippen molar-refractivity contribution in [2.24, 2.45) is 0 Å². The molecule has 2 aliphatic heterocycles. The number of fused-ring (bicyclic) bond motifs is 1. The number of amides is 1. The van der Waals surface area contributed by atoms with E-state index in [-0.39, 0.29) is 23.5 Å². The quantitative estimate of drug-likeness (QED) is 0.656. The molecule has 7 nitrogen and oxygen atoms in total. The van der Waals surface area contributed by atoms with Crippen molar-refractivity contribution in [2.45, 2.75) is 39.0 Å². The summed E-state index contributed by atoms with van der Waals surface area (Å²) in [5, 5.41) is 8.28. The molecule has 8 heteroatoms. The first-order chi connectivity index (χ1) is 15.3. The maximum absolute atomic E-state index is 13.6. The number of nitrogens with one attached hydrogen (secondary N) is 1. The molecule has 0 spiro atoms. The maximum Gasteiger partial charge on any atom is 0.258 e. The van der Waals surface area contributed by atoms with Crippen LogP contribution in [-0.4, -0.2) is 40.5 Å². The van der Waals surface area contributed by atoms with E-state index in [0.29, 0.717) is 18.5 Å². The van der Waals surface area contributed by atoms with Crippen molar-refractivity contribution in [1.29, 1.82) is 0 Å².